The van der Waals surface area contributed by atoms with Crippen LogP contribution >= 0.6 is 0 Å². The molecule has 2 N–H and O–H groups in total. The summed E-state index contributed by atoms with van der Waals surface area (Å²) in [6.45, 7) is 0.401. The Morgan fingerprint density at radius 1 is 1.16 bits per heavy atom. The van der Waals surface area contributed by atoms with E-state index in [1.54, 1.807) is 7.11 Å². The minimum Gasteiger partial charge on any atom is -0.481 e. The van der Waals surface area contributed by atoms with Crippen LogP contribution in [0.25, 0.3) is 0 Å². The number of carbonyl (C=O) groups excluding carboxylic acids is 1. The molecule has 0 spiro atoms. The van der Waals surface area contributed by atoms with Crippen LogP contribution < -0.4 is 5.32 Å². The number of ether oxygens (including phenoxy) is 1. The van der Waals surface area contributed by atoms with Crippen LogP contribution in [0.3, 0.4) is 0 Å². The van der Waals surface area contributed by atoms with E-state index in [2.05, 4.69) is 5.32 Å². The summed E-state index contributed by atoms with van der Waals surface area (Å²) < 4.78 is 18.0. The highest BCUT2D eigenvalue weighted by Crippen LogP contribution is 2.16. The number of methoxy groups -OCH3 is 1. The summed E-state index contributed by atoms with van der Waals surface area (Å²) in [5.41, 5.74) is 2.22. The van der Waals surface area contributed by atoms with Gasteiger partial charge in [0, 0.05) is 13.7 Å². The second-order valence-electron chi connectivity index (χ2n) is 5.68. The third-order valence-electron chi connectivity index (χ3n) is 3.74. The maximum atomic E-state index is 13.0. The number of carbonyl (C=O) groups is 2. The lowest BCUT2D eigenvalue weighted by atomic mass is 9.99. The molecular weight excluding hydrogens is 325 g/mol. The minimum absolute atomic E-state index is 0.0580. The summed E-state index contributed by atoms with van der Waals surface area (Å²) in [5, 5.41) is 12.0. The molecule has 0 aliphatic carbocycles. The van der Waals surface area contributed by atoms with Crippen molar-refractivity contribution in [2.24, 2.45) is 0 Å². The lowest BCUT2D eigenvalue weighted by Crippen LogP contribution is -2.32. The number of carboxylic acid groups (broad SMARTS) is 1. The van der Waals surface area contributed by atoms with Gasteiger partial charge in [-0.3, -0.25) is 9.59 Å². The van der Waals surface area contributed by atoms with Gasteiger partial charge in [-0.05, 0) is 28.8 Å². The Morgan fingerprint density at radius 3 is 2.48 bits per heavy atom. The van der Waals surface area contributed by atoms with E-state index < -0.39 is 17.7 Å². The predicted octanol–water partition coefficient (Wildman–Crippen LogP) is 2.50. The number of halogens is 1. The van der Waals surface area contributed by atoms with E-state index in [9.17, 15) is 19.1 Å². The fourth-order valence-electron chi connectivity index (χ4n) is 2.50. The predicted molar refractivity (Wildman–Crippen MR) is 90.6 cm³/mol. The molecule has 2 aromatic carbocycles. The van der Waals surface area contributed by atoms with Crippen molar-refractivity contribution in [3.05, 3.63) is 71.0 Å². The third-order valence-corrected chi connectivity index (χ3v) is 3.74. The van der Waals surface area contributed by atoms with Gasteiger partial charge in [-0.15, -0.1) is 0 Å². The molecule has 5 nitrogen and oxygen atoms in total. The third kappa shape index (κ3) is 5.69. The lowest BCUT2D eigenvalue weighted by Gasteiger charge is -2.14. The normalized spacial score (nSPS) is 11.8. The number of hydrogen-bond donors (Lipinski definition) is 2. The fourth-order valence-corrected chi connectivity index (χ4v) is 2.50. The molecule has 0 aromatic heterocycles. The second-order valence-corrected chi connectivity index (χ2v) is 5.68. The van der Waals surface area contributed by atoms with E-state index in [1.807, 2.05) is 24.3 Å². The zero-order valence-corrected chi connectivity index (χ0v) is 13.9. The largest absolute Gasteiger partial charge is 0.481 e. The molecule has 0 bridgehead atoms. The molecule has 2 rings (SSSR count). The van der Waals surface area contributed by atoms with Crippen molar-refractivity contribution in [1.29, 1.82) is 0 Å². The summed E-state index contributed by atoms with van der Waals surface area (Å²) in [5.74, 6) is -2.71. The number of rotatable bonds is 8. The maximum absolute atomic E-state index is 13.0. The monoisotopic (exact) mass is 345 g/mol. The summed E-state index contributed by atoms with van der Waals surface area (Å²) in [4.78, 5) is 23.5. The Morgan fingerprint density at radius 2 is 1.84 bits per heavy atom. The second kappa shape index (κ2) is 8.94. The van der Waals surface area contributed by atoms with Gasteiger partial charge >= 0.3 is 5.97 Å². The average Bonchev–Trinajstić information content (AvgIpc) is 2.57. The van der Waals surface area contributed by atoms with Gasteiger partial charge in [0.25, 0.3) is 0 Å². The summed E-state index contributed by atoms with van der Waals surface area (Å²) >= 11 is 0. The molecule has 0 heterocycles. The van der Waals surface area contributed by atoms with Gasteiger partial charge in [0.1, 0.15) is 5.82 Å². The molecule has 0 saturated carbocycles. The smallest absolute Gasteiger partial charge is 0.312 e. The molecule has 25 heavy (non-hydrogen) atoms. The number of aliphatic carboxylic acids is 1. The molecule has 0 fully saturated rings. The fraction of sp³-hybridized carbons (Fsp3) is 0.263. The highest BCUT2D eigenvalue weighted by Gasteiger charge is 2.20. The van der Waals surface area contributed by atoms with E-state index in [-0.39, 0.29) is 18.9 Å². The highest BCUT2D eigenvalue weighted by molar-refractivity contribution is 5.81. The molecule has 0 radical (unpaired) electrons. The van der Waals surface area contributed by atoms with Crippen LogP contribution in [0.2, 0.25) is 0 Å². The standard InChI is InChI=1S/C19H20FNO4/c1-25-12-14-4-2-3-13(9-14)10-18(22)21-11-17(19(23)24)15-5-7-16(20)8-6-15/h2-9,17H,10-12H2,1H3,(H,21,22)(H,23,24). The van der Waals surface area contributed by atoms with Crippen molar-refractivity contribution in [2.45, 2.75) is 18.9 Å². The Kier molecular flexibility index (Phi) is 6.65. The first-order valence-electron chi connectivity index (χ1n) is 7.81. The van der Waals surface area contributed by atoms with E-state index in [0.29, 0.717) is 12.2 Å². The Hall–Kier alpha value is -2.73. The topological polar surface area (TPSA) is 75.6 Å². The Labute approximate surface area is 145 Å². The molecular formula is C19H20FNO4. The van der Waals surface area contributed by atoms with Crippen LogP contribution in [0.4, 0.5) is 4.39 Å². The van der Waals surface area contributed by atoms with E-state index in [4.69, 9.17) is 4.74 Å². The number of amides is 1. The molecule has 1 amide bonds. The van der Waals surface area contributed by atoms with Crippen LogP contribution in [0.5, 0.6) is 0 Å². The zero-order chi connectivity index (χ0) is 18.2. The molecule has 1 atom stereocenters. The SMILES string of the molecule is COCc1cccc(CC(=O)NCC(C(=O)O)c2ccc(F)cc2)c1. The van der Waals surface area contributed by atoms with Crippen LogP contribution in [0.1, 0.15) is 22.6 Å². The minimum atomic E-state index is -1.07. The van der Waals surface area contributed by atoms with Gasteiger partial charge in [0.2, 0.25) is 5.91 Å². The summed E-state index contributed by atoms with van der Waals surface area (Å²) in [6, 6.07) is 12.7. The summed E-state index contributed by atoms with van der Waals surface area (Å²) in [7, 11) is 1.60. The molecule has 1 unspecified atom stereocenters. The first kappa shape index (κ1) is 18.6. The summed E-state index contributed by atoms with van der Waals surface area (Å²) in [6.07, 6.45) is 0.146. The quantitative estimate of drug-likeness (QED) is 0.771. The van der Waals surface area contributed by atoms with Gasteiger partial charge in [0.15, 0.2) is 0 Å². The number of hydrogen-bond acceptors (Lipinski definition) is 3. The van der Waals surface area contributed by atoms with Crippen molar-refractivity contribution in [1.82, 2.24) is 5.32 Å². The van der Waals surface area contributed by atoms with Gasteiger partial charge in [-0.2, -0.15) is 0 Å². The van der Waals surface area contributed by atoms with Crippen LogP contribution in [0, 0.1) is 5.82 Å². The molecule has 132 valence electrons. The van der Waals surface area contributed by atoms with Crippen LogP contribution in [0.15, 0.2) is 48.5 Å². The number of carboxylic acids is 1. The molecule has 0 aliphatic rings. The van der Waals surface area contributed by atoms with Crippen molar-refractivity contribution >= 4 is 11.9 Å². The van der Waals surface area contributed by atoms with Crippen molar-refractivity contribution in [2.75, 3.05) is 13.7 Å². The maximum Gasteiger partial charge on any atom is 0.312 e. The number of nitrogens with one attached hydrogen (secondary N) is 1. The Balaban J connectivity index is 1.96. The van der Waals surface area contributed by atoms with Gasteiger partial charge in [-0.1, -0.05) is 36.4 Å². The highest BCUT2D eigenvalue weighted by atomic mass is 19.1. The molecule has 2 aromatic rings. The van der Waals surface area contributed by atoms with E-state index in [0.717, 1.165) is 11.1 Å². The van der Waals surface area contributed by atoms with Crippen molar-refractivity contribution in [3.63, 3.8) is 0 Å². The van der Waals surface area contributed by atoms with Gasteiger partial charge < -0.3 is 15.2 Å². The van der Waals surface area contributed by atoms with E-state index in [1.165, 1.54) is 24.3 Å². The first-order valence-corrected chi connectivity index (χ1v) is 7.81. The van der Waals surface area contributed by atoms with Crippen LogP contribution in [-0.4, -0.2) is 30.6 Å². The molecule has 0 aliphatic heterocycles. The molecule has 6 heteroatoms. The molecule has 0 saturated heterocycles. The lowest BCUT2D eigenvalue weighted by molar-refractivity contribution is -0.138. The average molecular weight is 345 g/mol. The van der Waals surface area contributed by atoms with Crippen molar-refractivity contribution in [3.8, 4) is 0 Å². The van der Waals surface area contributed by atoms with E-state index >= 15 is 0 Å². The Bertz CT molecular complexity index is 730. The van der Waals surface area contributed by atoms with Gasteiger partial charge in [0.05, 0.1) is 18.9 Å². The van der Waals surface area contributed by atoms with Gasteiger partial charge in [-0.25, -0.2) is 4.39 Å². The number of benzene rings is 2. The van der Waals surface area contributed by atoms with Crippen molar-refractivity contribution < 1.29 is 23.8 Å². The van der Waals surface area contributed by atoms with Crippen LogP contribution in [-0.2, 0) is 27.4 Å². The first-order chi connectivity index (χ1) is 12.0. The zero-order valence-electron chi connectivity index (χ0n) is 13.9.